The Bertz CT molecular complexity index is 806. The number of hydrogen-bond acceptors (Lipinski definition) is 6. The Labute approximate surface area is 143 Å². The summed E-state index contributed by atoms with van der Waals surface area (Å²) in [6.45, 7) is 1.96. The van der Waals surface area contributed by atoms with Gasteiger partial charge in [0.1, 0.15) is 18.0 Å². The minimum atomic E-state index is -3.45. The molecule has 0 saturated carbocycles. The minimum Gasteiger partial charge on any atom is -0.363 e. The first-order valence-electron chi connectivity index (χ1n) is 7.50. The van der Waals surface area contributed by atoms with Crippen molar-refractivity contribution in [2.75, 3.05) is 38.4 Å². The average Bonchev–Trinajstić information content (AvgIpc) is 2.55. The Balaban J connectivity index is 2.25. The van der Waals surface area contributed by atoms with Gasteiger partial charge < -0.3 is 10.2 Å². The van der Waals surface area contributed by atoms with Gasteiger partial charge in [-0.3, -0.25) is 0 Å². The molecule has 0 amide bonds. The quantitative estimate of drug-likeness (QED) is 0.859. The molecule has 0 fully saturated rings. The van der Waals surface area contributed by atoms with Crippen LogP contribution in [0.15, 0.2) is 41.6 Å². The van der Waals surface area contributed by atoms with E-state index in [1.807, 2.05) is 38.1 Å². The van der Waals surface area contributed by atoms with Gasteiger partial charge in [-0.15, -0.1) is 0 Å². The lowest BCUT2D eigenvalue weighted by Crippen LogP contribution is -2.22. The molecule has 0 radical (unpaired) electrons. The van der Waals surface area contributed by atoms with E-state index >= 15 is 0 Å². The SMILES string of the molecule is CC(Nc1cc(N(C)C)ncn1)c1cccc(S(=O)(=O)N(C)C)c1. The Kier molecular flexibility index (Phi) is 5.40. The summed E-state index contributed by atoms with van der Waals surface area (Å²) in [5.41, 5.74) is 0.864. The molecule has 0 bridgehead atoms. The molecule has 0 aliphatic carbocycles. The van der Waals surface area contributed by atoms with E-state index in [9.17, 15) is 8.42 Å². The number of nitrogens with zero attached hydrogens (tertiary/aromatic N) is 4. The topological polar surface area (TPSA) is 78.4 Å². The standard InChI is InChI=1S/C16H23N5O2S/c1-12(19-15-10-16(20(2)3)18-11-17-15)13-7-6-8-14(9-13)24(22,23)21(4)5/h6-12H,1-5H3,(H,17,18,19). The van der Waals surface area contributed by atoms with Crippen LogP contribution < -0.4 is 10.2 Å². The van der Waals surface area contributed by atoms with Crippen LogP contribution in [0.2, 0.25) is 0 Å². The van der Waals surface area contributed by atoms with E-state index in [0.717, 1.165) is 11.4 Å². The molecule has 0 aliphatic rings. The second kappa shape index (κ2) is 7.14. The molecule has 7 nitrogen and oxygen atoms in total. The van der Waals surface area contributed by atoms with Crippen LogP contribution in [0.3, 0.4) is 0 Å². The second-order valence-electron chi connectivity index (χ2n) is 5.88. The number of sulfonamides is 1. The van der Waals surface area contributed by atoms with Gasteiger partial charge in [0.2, 0.25) is 10.0 Å². The van der Waals surface area contributed by atoms with E-state index in [-0.39, 0.29) is 10.9 Å². The number of nitrogens with one attached hydrogen (secondary N) is 1. The van der Waals surface area contributed by atoms with Gasteiger partial charge in [-0.05, 0) is 24.6 Å². The third-order valence-corrected chi connectivity index (χ3v) is 5.42. The van der Waals surface area contributed by atoms with E-state index in [2.05, 4.69) is 15.3 Å². The summed E-state index contributed by atoms with van der Waals surface area (Å²) in [6.07, 6.45) is 1.50. The lowest BCUT2D eigenvalue weighted by Gasteiger charge is -2.18. The average molecular weight is 349 g/mol. The van der Waals surface area contributed by atoms with E-state index in [1.165, 1.54) is 24.7 Å². The van der Waals surface area contributed by atoms with Crippen molar-refractivity contribution in [1.29, 1.82) is 0 Å². The maximum atomic E-state index is 12.3. The van der Waals surface area contributed by atoms with Crippen LogP contribution in [0.5, 0.6) is 0 Å². The van der Waals surface area contributed by atoms with E-state index in [1.54, 1.807) is 18.2 Å². The monoisotopic (exact) mass is 349 g/mol. The third-order valence-electron chi connectivity index (χ3n) is 3.61. The molecule has 1 heterocycles. The first-order valence-corrected chi connectivity index (χ1v) is 8.94. The fourth-order valence-corrected chi connectivity index (χ4v) is 3.09. The van der Waals surface area contributed by atoms with Gasteiger partial charge in [0, 0.05) is 40.3 Å². The van der Waals surface area contributed by atoms with Crippen molar-refractivity contribution in [1.82, 2.24) is 14.3 Å². The van der Waals surface area contributed by atoms with Crippen LogP contribution in [-0.4, -0.2) is 50.9 Å². The van der Waals surface area contributed by atoms with Crippen LogP contribution in [0.1, 0.15) is 18.5 Å². The zero-order valence-electron chi connectivity index (χ0n) is 14.6. The Morgan fingerprint density at radius 2 is 1.79 bits per heavy atom. The molecule has 2 aromatic rings. The molecule has 0 saturated heterocycles. The molecule has 24 heavy (non-hydrogen) atoms. The van der Waals surface area contributed by atoms with Crippen LogP contribution >= 0.6 is 0 Å². The van der Waals surface area contributed by atoms with Gasteiger partial charge in [0.25, 0.3) is 0 Å². The molecular formula is C16H23N5O2S. The summed E-state index contributed by atoms with van der Waals surface area (Å²) in [6, 6.07) is 8.65. The number of aromatic nitrogens is 2. The zero-order chi connectivity index (χ0) is 17.9. The van der Waals surface area contributed by atoms with Crippen molar-refractivity contribution in [3.05, 3.63) is 42.2 Å². The molecular weight excluding hydrogens is 326 g/mol. The lowest BCUT2D eigenvalue weighted by molar-refractivity contribution is 0.520. The Morgan fingerprint density at radius 1 is 1.08 bits per heavy atom. The highest BCUT2D eigenvalue weighted by Crippen LogP contribution is 2.23. The summed E-state index contributed by atoms with van der Waals surface area (Å²) in [7, 11) is 3.41. The Hall–Kier alpha value is -2.19. The molecule has 8 heteroatoms. The number of hydrogen-bond donors (Lipinski definition) is 1. The normalized spacial score (nSPS) is 12.9. The summed E-state index contributed by atoms with van der Waals surface area (Å²) >= 11 is 0. The summed E-state index contributed by atoms with van der Waals surface area (Å²) < 4.78 is 25.7. The maximum absolute atomic E-state index is 12.3. The molecule has 1 unspecified atom stereocenters. The van der Waals surface area contributed by atoms with Gasteiger partial charge >= 0.3 is 0 Å². The number of rotatable bonds is 6. The fourth-order valence-electron chi connectivity index (χ4n) is 2.13. The van der Waals surface area contributed by atoms with Crippen LogP contribution in [0, 0.1) is 0 Å². The molecule has 1 aromatic carbocycles. The fraction of sp³-hybridized carbons (Fsp3) is 0.375. The highest BCUT2D eigenvalue weighted by molar-refractivity contribution is 7.89. The smallest absolute Gasteiger partial charge is 0.242 e. The zero-order valence-corrected chi connectivity index (χ0v) is 15.4. The van der Waals surface area contributed by atoms with Crippen molar-refractivity contribution in [2.45, 2.75) is 17.9 Å². The molecule has 1 atom stereocenters. The first kappa shape index (κ1) is 18.2. The van der Waals surface area contributed by atoms with Gasteiger partial charge in [-0.25, -0.2) is 22.7 Å². The summed E-state index contributed by atoms with van der Waals surface area (Å²) in [4.78, 5) is 10.6. The number of anilines is 2. The largest absolute Gasteiger partial charge is 0.363 e. The lowest BCUT2D eigenvalue weighted by atomic mass is 10.1. The molecule has 130 valence electrons. The van der Waals surface area contributed by atoms with Gasteiger partial charge in [-0.2, -0.15) is 0 Å². The predicted octanol–water partition coefficient (Wildman–Crippen LogP) is 1.97. The molecule has 0 spiro atoms. The molecule has 0 aliphatic heterocycles. The van der Waals surface area contributed by atoms with Crippen molar-refractivity contribution in [3.8, 4) is 0 Å². The summed E-state index contributed by atoms with van der Waals surface area (Å²) in [5.74, 6) is 1.48. The Morgan fingerprint density at radius 3 is 2.42 bits per heavy atom. The van der Waals surface area contributed by atoms with Crippen molar-refractivity contribution in [2.24, 2.45) is 0 Å². The highest BCUT2D eigenvalue weighted by atomic mass is 32.2. The predicted molar refractivity (Wildman–Crippen MR) is 95.7 cm³/mol. The van der Waals surface area contributed by atoms with Crippen molar-refractivity contribution in [3.63, 3.8) is 0 Å². The van der Waals surface area contributed by atoms with Gasteiger partial charge in [0.05, 0.1) is 4.90 Å². The molecule has 1 aromatic heterocycles. The van der Waals surface area contributed by atoms with Crippen LogP contribution in [0.4, 0.5) is 11.6 Å². The van der Waals surface area contributed by atoms with Gasteiger partial charge in [-0.1, -0.05) is 12.1 Å². The van der Waals surface area contributed by atoms with Gasteiger partial charge in [0.15, 0.2) is 0 Å². The van der Waals surface area contributed by atoms with E-state index < -0.39 is 10.0 Å². The number of benzene rings is 1. The van der Waals surface area contributed by atoms with Crippen LogP contribution in [0.25, 0.3) is 0 Å². The van der Waals surface area contributed by atoms with Crippen LogP contribution in [-0.2, 0) is 10.0 Å². The highest BCUT2D eigenvalue weighted by Gasteiger charge is 2.18. The first-order chi connectivity index (χ1) is 11.2. The maximum Gasteiger partial charge on any atom is 0.242 e. The third kappa shape index (κ3) is 4.01. The van der Waals surface area contributed by atoms with Crippen molar-refractivity contribution >= 4 is 21.7 Å². The van der Waals surface area contributed by atoms with E-state index in [0.29, 0.717) is 5.82 Å². The second-order valence-corrected chi connectivity index (χ2v) is 8.03. The molecule has 1 N–H and O–H groups in total. The summed E-state index contributed by atoms with van der Waals surface area (Å²) in [5, 5.41) is 3.28. The molecule has 2 rings (SSSR count). The minimum absolute atomic E-state index is 0.104. The van der Waals surface area contributed by atoms with Crippen molar-refractivity contribution < 1.29 is 8.42 Å². The van der Waals surface area contributed by atoms with E-state index in [4.69, 9.17) is 0 Å².